The number of hydrogen-bond acceptors (Lipinski definition) is 3. The van der Waals surface area contributed by atoms with E-state index in [1.165, 1.54) is 52.0 Å². The second-order valence-corrected chi connectivity index (χ2v) is 5.75. The van der Waals surface area contributed by atoms with Crippen molar-refractivity contribution < 1.29 is 0 Å². The van der Waals surface area contributed by atoms with Crippen LogP contribution >= 0.6 is 0 Å². The van der Waals surface area contributed by atoms with Gasteiger partial charge in [-0.1, -0.05) is 19.8 Å². The molecule has 3 heteroatoms. The SMILES string of the molecule is CCNC(CC1CC1)C1CN2CCN1CC2. The average molecular weight is 223 g/mol. The molecule has 1 aliphatic carbocycles. The van der Waals surface area contributed by atoms with Gasteiger partial charge in [-0.15, -0.1) is 0 Å². The van der Waals surface area contributed by atoms with Gasteiger partial charge < -0.3 is 5.32 Å². The molecule has 3 saturated heterocycles. The van der Waals surface area contributed by atoms with E-state index in [1.54, 1.807) is 0 Å². The number of nitrogens with zero attached hydrogens (tertiary/aromatic N) is 2. The Balaban J connectivity index is 1.62. The van der Waals surface area contributed by atoms with Crippen molar-refractivity contribution >= 4 is 0 Å². The predicted octanol–water partition coefficient (Wildman–Crippen LogP) is 0.764. The third-order valence-electron chi connectivity index (χ3n) is 4.54. The summed E-state index contributed by atoms with van der Waals surface area (Å²) in [4.78, 5) is 5.39. The maximum Gasteiger partial charge on any atom is 0.0377 e. The Hall–Kier alpha value is -0.120. The van der Waals surface area contributed by atoms with Crippen molar-refractivity contribution in [3.05, 3.63) is 0 Å². The molecule has 3 aliphatic heterocycles. The van der Waals surface area contributed by atoms with Gasteiger partial charge in [0.25, 0.3) is 0 Å². The number of rotatable bonds is 5. The third kappa shape index (κ3) is 2.27. The van der Waals surface area contributed by atoms with Crippen LogP contribution in [0.15, 0.2) is 0 Å². The van der Waals surface area contributed by atoms with Gasteiger partial charge in [0.1, 0.15) is 0 Å². The highest BCUT2D eigenvalue weighted by Crippen LogP contribution is 2.35. The molecule has 2 bridgehead atoms. The molecule has 0 radical (unpaired) electrons. The summed E-state index contributed by atoms with van der Waals surface area (Å²) in [6, 6.07) is 1.55. The molecule has 3 heterocycles. The summed E-state index contributed by atoms with van der Waals surface area (Å²) in [6.45, 7) is 9.90. The van der Waals surface area contributed by atoms with E-state index >= 15 is 0 Å². The summed E-state index contributed by atoms with van der Waals surface area (Å²) in [5.41, 5.74) is 0. The lowest BCUT2D eigenvalue weighted by atomic mass is 9.95. The lowest BCUT2D eigenvalue weighted by molar-refractivity contribution is -0.00503. The minimum Gasteiger partial charge on any atom is -0.313 e. The maximum absolute atomic E-state index is 3.74. The molecule has 0 aromatic carbocycles. The zero-order chi connectivity index (χ0) is 11.0. The largest absolute Gasteiger partial charge is 0.313 e. The van der Waals surface area contributed by atoms with Crippen LogP contribution in [0.4, 0.5) is 0 Å². The van der Waals surface area contributed by atoms with Gasteiger partial charge in [0.15, 0.2) is 0 Å². The summed E-state index contributed by atoms with van der Waals surface area (Å²) in [5, 5.41) is 3.74. The summed E-state index contributed by atoms with van der Waals surface area (Å²) in [7, 11) is 0. The number of hydrogen-bond donors (Lipinski definition) is 1. The first-order valence-electron chi connectivity index (χ1n) is 7.06. The Morgan fingerprint density at radius 2 is 1.94 bits per heavy atom. The van der Waals surface area contributed by atoms with E-state index in [1.807, 2.05) is 0 Å². The highest BCUT2D eigenvalue weighted by Gasteiger charge is 2.38. The molecule has 92 valence electrons. The van der Waals surface area contributed by atoms with Crippen LogP contribution in [-0.4, -0.2) is 61.2 Å². The molecule has 3 nitrogen and oxygen atoms in total. The molecule has 0 amide bonds. The fraction of sp³-hybridized carbons (Fsp3) is 1.00. The van der Waals surface area contributed by atoms with Gasteiger partial charge in [-0.2, -0.15) is 0 Å². The first-order valence-corrected chi connectivity index (χ1v) is 7.06. The van der Waals surface area contributed by atoms with Crippen molar-refractivity contribution in [2.24, 2.45) is 5.92 Å². The first-order chi connectivity index (χ1) is 7.86. The molecule has 1 saturated carbocycles. The van der Waals surface area contributed by atoms with Crippen molar-refractivity contribution in [2.75, 3.05) is 39.3 Å². The van der Waals surface area contributed by atoms with Gasteiger partial charge in [0.05, 0.1) is 0 Å². The van der Waals surface area contributed by atoms with Crippen molar-refractivity contribution in [3.63, 3.8) is 0 Å². The van der Waals surface area contributed by atoms with Crippen LogP contribution in [0.3, 0.4) is 0 Å². The van der Waals surface area contributed by atoms with E-state index in [4.69, 9.17) is 0 Å². The zero-order valence-electron chi connectivity index (χ0n) is 10.5. The monoisotopic (exact) mass is 223 g/mol. The summed E-state index contributed by atoms with van der Waals surface area (Å²) in [6.07, 6.45) is 4.39. The molecule has 0 aromatic heterocycles. The fourth-order valence-electron chi connectivity index (χ4n) is 3.39. The molecule has 4 fully saturated rings. The van der Waals surface area contributed by atoms with Crippen LogP contribution < -0.4 is 5.32 Å². The Morgan fingerprint density at radius 3 is 2.44 bits per heavy atom. The molecule has 0 spiro atoms. The summed E-state index contributed by atoms with van der Waals surface area (Å²) in [5.74, 6) is 1.04. The number of likely N-dealkylation sites (N-methyl/N-ethyl adjacent to an activating group) is 1. The molecule has 2 unspecified atom stereocenters. The minimum absolute atomic E-state index is 0.751. The molecule has 16 heavy (non-hydrogen) atoms. The lowest BCUT2D eigenvalue weighted by Gasteiger charge is -2.50. The second-order valence-electron chi connectivity index (χ2n) is 5.75. The van der Waals surface area contributed by atoms with Gasteiger partial charge in [-0.05, 0) is 18.9 Å². The van der Waals surface area contributed by atoms with Crippen molar-refractivity contribution in [2.45, 2.75) is 38.3 Å². The quantitative estimate of drug-likeness (QED) is 0.742. The summed E-state index contributed by atoms with van der Waals surface area (Å²) >= 11 is 0. The second kappa shape index (κ2) is 4.63. The smallest absolute Gasteiger partial charge is 0.0377 e. The molecular weight excluding hydrogens is 198 g/mol. The Morgan fingerprint density at radius 1 is 1.19 bits per heavy atom. The standard InChI is InChI=1S/C13H25N3/c1-2-14-12(9-11-3-4-11)13-10-15-5-7-16(13)8-6-15/h11-14H,2-10H2,1H3. The molecular formula is C13H25N3. The van der Waals surface area contributed by atoms with Gasteiger partial charge in [0.2, 0.25) is 0 Å². The van der Waals surface area contributed by atoms with Gasteiger partial charge in [0, 0.05) is 44.8 Å². The highest BCUT2D eigenvalue weighted by atomic mass is 15.4. The molecule has 1 N–H and O–H groups in total. The Kier molecular flexibility index (Phi) is 3.18. The van der Waals surface area contributed by atoms with Crippen LogP contribution in [-0.2, 0) is 0 Å². The topological polar surface area (TPSA) is 18.5 Å². The average Bonchev–Trinajstić information content (AvgIpc) is 3.14. The van der Waals surface area contributed by atoms with Gasteiger partial charge in [-0.3, -0.25) is 9.80 Å². The van der Waals surface area contributed by atoms with Gasteiger partial charge in [-0.25, -0.2) is 0 Å². The zero-order valence-corrected chi connectivity index (χ0v) is 10.5. The molecule has 4 aliphatic rings. The Labute approximate surface area is 99.2 Å². The van der Waals surface area contributed by atoms with Crippen molar-refractivity contribution in [1.82, 2.24) is 15.1 Å². The normalized spacial score (nSPS) is 39.9. The third-order valence-corrected chi connectivity index (χ3v) is 4.54. The predicted molar refractivity (Wildman–Crippen MR) is 66.6 cm³/mol. The van der Waals surface area contributed by atoms with Crippen LogP contribution in [0.1, 0.15) is 26.2 Å². The highest BCUT2D eigenvalue weighted by molar-refractivity contribution is 4.96. The van der Waals surface area contributed by atoms with E-state index in [0.717, 1.165) is 24.5 Å². The van der Waals surface area contributed by atoms with E-state index in [9.17, 15) is 0 Å². The van der Waals surface area contributed by atoms with Crippen molar-refractivity contribution in [1.29, 1.82) is 0 Å². The van der Waals surface area contributed by atoms with Crippen LogP contribution in [0.2, 0.25) is 0 Å². The summed E-state index contributed by atoms with van der Waals surface area (Å²) < 4.78 is 0. The fourth-order valence-corrected chi connectivity index (χ4v) is 3.39. The van der Waals surface area contributed by atoms with E-state index in [0.29, 0.717) is 0 Å². The van der Waals surface area contributed by atoms with Crippen LogP contribution in [0, 0.1) is 5.92 Å². The Bertz CT molecular complexity index is 231. The van der Waals surface area contributed by atoms with E-state index in [-0.39, 0.29) is 0 Å². The minimum atomic E-state index is 0.751. The number of nitrogens with one attached hydrogen (secondary N) is 1. The molecule has 4 rings (SSSR count). The maximum atomic E-state index is 3.74. The van der Waals surface area contributed by atoms with E-state index in [2.05, 4.69) is 22.0 Å². The van der Waals surface area contributed by atoms with Crippen molar-refractivity contribution in [3.8, 4) is 0 Å². The van der Waals surface area contributed by atoms with Crippen LogP contribution in [0.5, 0.6) is 0 Å². The van der Waals surface area contributed by atoms with Crippen LogP contribution in [0.25, 0.3) is 0 Å². The lowest BCUT2D eigenvalue weighted by Crippen LogP contribution is -2.66. The number of fused-ring (bicyclic) bond motifs is 3. The van der Waals surface area contributed by atoms with E-state index < -0.39 is 0 Å². The molecule has 0 aromatic rings. The number of piperazine rings is 3. The molecule has 2 atom stereocenters. The first kappa shape index (κ1) is 11.0. The van der Waals surface area contributed by atoms with Gasteiger partial charge >= 0.3 is 0 Å².